The third-order valence-electron chi connectivity index (χ3n) is 5.22. The Balaban J connectivity index is 0.00000156. The van der Waals surface area contributed by atoms with Crippen molar-refractivity contribution in [2.45, 2.75) is 44.6 Å². The second-order valence-electron chi connectivity index (χ2n) is 6.72. The normalized spacial score (nSPS) is 22.7. The van der Waals surface area contributed by atoms with Gasteiger partial charge in [0.1, 0.15) is 0 Å². The number of nitrogens with one attached hydrogen (secondary N) is 1. The molecule has 3 nitrogen and oxygen atoms in total. The van der Waals surface area contributed by atoms with E-state index in [-0.39, 0.29) is 30.3 Å². The molecule has 2 aliphatic rings. The minimum Gasteiger partial charge on any atom is -0.328 e. The minimum atomic E-state index is 0. The summed E-state index contributed by atoms with van der Waals surface area (Å²) in [4.78, 5) is 12.6. The average Bonchev–Trinajstić information content (AvgIpc) is 2.95. The summed E-state index contributed by atoms with van der Waals surface area (Å²) < 4.78 is 0. The van der Waals surface area contributed by atoms with Crippen molar-refractivity contribution in [2.24, 2.45) is 11.7 Å². The summed E-state index contributed by atoms with van der Waals surface area (Å²) in [6.07, 6.45) is 6.10. The standard InChI is InChI=1S/C19H22N2O.ClH/c20-15-5-1-4-14(11-15)19(22)21-17-10-9-13-8-7-12-3-2-6-16(17)18(12)13;/h2-3,6,9-10,14-15H,1,4-5,7-8,11,20H2,(H,21,22);1H. The van der Waals surface area contributed by atoms with Gasteiger partial charge in [0.15, 0.2) is 0 Å². The third kappa shape index (κ3) is 2.96. The molecular weight excluding hydrogens is 308 g/mol. The molecule has 0 aliphatic heterocycles. The lowest BCUT2D eigenvalue weighted by Crippen LogP contribution is -2.34. The number of hydrogen-bond donors (Lipinski definition) is 2. The van der Waals surface area contributed by atoms with Crippen LogP contribution in [0.4, 0.5) is 5.69 Å². The van der Waals surface area contributed by atoms with Crippen LogP contribution in [0.5, 0.6) is 0 Å². The summed E-state index contributed by atoms with van der Waals surface area (Å²) >= 11 is 0. The van der Waals surface area contributed by atoms with E-state index < -0.39 is 0 Å². The van der Waals surface area contributed by atoms with Crippen LogP contribution >= 0.6 is 12.4 Å². The molecule has 0 aromatic heterocycles. The average molecular weight is 331 g/mol. The largest absolute Gasteiger partial charge is 0.328 e. The Morgan fingerprint density at radius 1 is 1.09 bits per heavy atom. The summed E-state index contributed by atoms with van der Waals surface area (Å²) in [7, 11) is 0. The molecule has 0 heterocycles. The number of amides is 1. The van der Waals surface area contributed by atoms with Crippen LogP contribution < -0.4 is 11.1 Å². The lowest BCUT2D eigenvalue weighted by Gasteiger charge is -2.26. The van der Waals surface area contributed by atoms with E-state index >= 15 is 0 Å². The first kappa shape index (κ1) is 16.3. The van der Waals surface area contributed by atoms with Crippen LogP contribution in [0.2, 0.25) is 0 Å². The fourth-order valence-electron chi connectivity index (χ4n) is 4.06. The van der Waals surface area contributed by atoms with Crippen LogP contribution in [0.25, 0.3) is 10.8 Å². The van der Waals surface area contributed by atoms with Gasteiger partial charge in [0.2, 0.25) is 5.91 Å². The van der Waals surface area contributed by atoms with Crippen LogP contribution in [-0.2, 0) is 17.6 Å². The highest BCUT2D eigenvalue weighted by molar-refractivity contribution is 6.05. The van der Waals surface area contributed by atoms with Crippen LogP contribution in [0.15, 0.2) is 30.3 Å². The fraction of sp³-hybridized carbons (Fsp3) is 0.421. The maximum Gasteiger partial charge on any atom is 0.227 e. The molecule has 1 saturated carbocycles. The number of carbonyl (C=O) groups is 1. The Kier molecular flexibility index (Phi) is 4.60. The van der Waals surface area contributed by atoms with E-state index in [1.807, 2.05) is 0 Å². The van der Waals surface area contributed by atoms with E-state index in [9.17, 15) is 4.79 Å². The molecular formula is C19H23ClN2O. The van der Waals surface area contributed by atoms with Crippen LogP contribution in [-0.4, -0.2) is 11.9 Å². The lowest BCUT2D eigenvalue weighted by molar-refractivity contribution is -0.120. The van der Waals surface area contributed by atoms with E-state index in [1.165, 1.54) is 21.9 Å². The van der Waals surface area contributed by atoms with Gasteiger partial charge in [-0.15, -0.1) is 12.4 Å². The summed E-state index contributed by atoms with van der Waals surface area (Å²) in [6, 6.07) is 10.8. The summed E-state index contributed by atoms with van der Waals surface area (Å²) in [5.41, 5.74) is 9.78. The van der Waals surface area contributed by atoms with Crippen molar-refractivity contribution in [3.05, 3.63) is 41.5 Å². The zero-order valence-corrected chi connectivity index (χ0v) is 14.0. The van der Waals surface area contributed by atoms with Gasteiger partial charge in [-0.2, -0.15) is 0 Å². The first-order valence-corrected chi connectivity index (χ1v) is 8.32. The van der Waals surface area contributed by atoms with Gasteiger partial charge >= 0.3 is 0 Å². The smallest absolute Gasteiger partial charge is 0.227 e. The zero-order valence-electron chi connectivity index (χ0n) is 13.2. The molecule has 23 heavy (non-hydrogen) atoms. The molecule has 1 amide bonds. The summed E-state index contributed by atoms with van der Waals surface area (Å²) in [5, 5.41) is 5.69. The van der Waals surface area contributed by atoms with Gasteiger partial charge < -0.3 is 11.1 Å². The van der Waals surface area contributed by atoms with Gasteiger partial charge in [-0.1, -0.05) is 30.7 Å². The van der Waals surface area contributed by atoms with Gasteiger partial charge in [-0.05, 0) is 54.7 Å². The zero-order chi connectivity index (χ0) is 15.1. The molecule has 0 saturated heterocycles. The highest BCUT2D eigenvalue weighted by atomic mass is 35.5. The molecule has 0 radical (unpaired) electrons. The molecule has 2 aliphatic carbocycles. The maximum absolute atomic E-state index is 12.6. The van der Waals surface area contributed by atoms with E-state index in [0.29, 0.717) is 0 Å². The summed E-state index contributed by atoms with van der Waals surface area (Å²) in [6.45, 7) is 0. The fourth-order valence-corrected chi connectivity index (χ4v) is 4.06. The third-order valence-corrected chi connectivity index (χ3v) is 5.22. The molecule has 0 bridgehead atoms. The Morgan fingerprint density at radius 2 is 1.87 bits per heavy atom. The van der Waals surface area contributed by atoms with E-state index in [2.05, 4.69) is 35.6 Å². The van der Waals surface area contributed by atoms with Crippen molar-refractivity contribution in [1.29, 1.82) is 0 Å². The van der Waals surface area contributed by atoms with Crippen LogP contribution in [0.1, 0.15) is 36.8 Å². The predicted molar refractivity (Wildman–Crippen MR) is 97.2 cm³/mol. The number of rotatable bonds is 2. The van der Waals surface area contributed by atoms with Crippen LogP contribution in [0, 0.1) is 5.92 Å². The van der Waals surface area contributed by atoms with Crippen molar-refractivity contribution in [3.63, 3.8) is 0 Å². The quantitative estimate of drug-likeness (QED) is 0.879. The molecule has 0 spiro atoms. The van der Waals surface area contributed by atoms with Crippen molar-refractivity contribution in [2.75, 3.05) is 5.32 Å². The lowest BCUT2D eigenvalue weighted by atomic mass is 9.85. The number of anilines is 1. The number of benzene rings is 2. The van der Waals surface area contributed by atoms with E-state index in [1.54, 1.807) is 0 Å². The highest BCUT2D eigenvalue weighted by Gasteiger charge is 2.26. The van der Waals surface area contributed by atoms with Gasteiger partial charge in [-0.25, -0.2) is 0 Å². The van der Waals surface area contributed by atoms with Gasteiger partial charge in [-0.3, -0.25) is 4.79 Å². The number of carbonyl (C=O) groups excluding carboxylic acids is 1. The maximum atomic E-state index is 12.6. The van der Waals surface area contributed by atoms with Gasteiger partial charge in [0, 0.05) is 23.0 Å². The predicted octanol–water partition coefficient (Wildman–Crippen LogP) is 3.82. The van der Waals surface area contributed by atoms with E-state index in [0.717, 1.165) is 44.2 Å². The molecule has 2 unspecified atom stereocenters. The van der Waals surface area contributed by atoms with Crippen LogP contribution in [0.3, 0.4) is 0 Å². The Morgan fingerprint density at radius 3 is 2.65 bits per heavy atom. The topological polar surface area (TPSA) is 55.1 Å². The second kappa shape index (κ2) is 6.50. The molecule has 2 atom stereocenters. The number of aryl methyl sites for hydroxylation is 2. The molecule has 4 rings (SSSR count). The molecule has 3 N–H and O–H groups in total. The van der Waals surface area contributed by atoms with Crippen molar-refractivity contribution < 1.29 is 4.79 Å². The van der Waals surface area contributed by atoms with E-state index in [4.69, 9.17) is 5.73 Å². The summed E-state index contributed by atoms with van der Waals surface area (Å²) in [5.74, 6) is 0.195. The monoisotopic (exact) mass is 330 g/mol. The Hall–Kier alpha value is -1.58. The minimum absolute atomic E-state index is 0. The number of halogens is 1. The van der Waals surface area contributed by atoms with Gasteiger partial charge in [0.25, 0.3) is 0 Å². The van der Waals surface area contributed by atoms with Crippen molar-refractivity contribution >= 4 is 34.8 Å². The molecule has 1 fully saturated rings. The first-order valence-electron chi connectivity index (χ1n) is 8.32. The Bertz CT molecular complexity index is 733. The van der Waals surface area contributed by atoms with Crippen molar-refractivity contribution in [3.8, 4) is 0 Å². The molecule has 2 aromatic carbocycles. The number of hydrogen-bond acceptors (Lipinski definition) is 2. The Labute approximate surface area is 143 Å². The SMILES string of the molecule is Cl.NC1CCCC(C(=O)Nc2ccc3c4c(cccc24)CC3)C1. The highest BCUT2D eigenvalue weighted by Crippen LogP contribution is 2.35. The first-order chi connectivity index (χ1) is 10.7. The molecule has 2 aromatic rings. The van der Waals surface area contributed by atoms with Gasteiger partial charge in [0.05, 0.1) is 0 Å². The molecule has 122 valence electrons. The molecule has 4 heteroatoms. The number of nitrogens with two attached hydrogens (primary N) is 1. The van der Waals surface area contributed by atoms with Crippen molar-refractivity contribution in [1.82, 2.24) is 0 Å². The second-order valence-corrected chi connectivity index (χ2v) is 6.72.